The number of fused-ring (bicyclic) bond motifs is 1. The molecule has 0 fully saturated rings. The summed E-state index contributed by atoms with van der Waals surface area (Å²) in [4.78, 5) is 13.2. The maximum Gasteiger partial charge on any atom is 0.418 e. The van der Waals surface area contributed by atoms with Crippen LogP contribution in [-0.4, -0.2) is 24.7 Å². The predicted molar refractivity (Wildman–Crippen MR) is 118 cm³/mol. The third-order valence-electron chi connectivity index (χ3n) is 5.63. The van der Waals surface area contributed by atoms with Gasteiger partial charge in [0.15, 0.2) is 0 Å². The zero-order chi connectivity index (χ0) is 23.8. The molecule has 0 spiro atoms. The molecule has 1 unspecified atom stereocenters. The summed E-state index contributed by atoms with van der Waals surface area (Å²) in [5, 5.41) is 2.32. The third-order valence-corrected chi connectivity index (χ3v) is 7.49. The van der Waals surface area contributed by atoms with E-state index in [-0.39, 0.29) is 17.9 Å². The van der Waals surface area contributed by atoms with E-state index >= 15 is 0 Å². The minimum absolute atomic E-state index is 0.0148. The smallest absolute Gasteiger partial charge is 0.324 e. The van der Waals surface area contributed by atoms with Gasteiger partial charge in [0.2, 0.25) is 15.9 Å². The van der Waals surface area contributed by atoms with E-state index in [1.165, 1.54) is 24.3 Å². The molecule has 3 aromatic carbocycles. The first kappa shape index (κ1) is 23.0. The fraction of sp³-hybridized carbons (Fsp3) is 0.208. The van der Waals surface area contributed by atoms with Crippen molar-refractivity contribution < 1.29 is 26.4 Å². The van der Waals surface area contributed by atoms with Gasteiger partial charge >= 0.3 is 6.18 Å². The maximum absolute atomic E-state index is 13.5. The highest BCUT2D eigenvalue weighted by atomic mass is 32.2. The molecule has 33 heavy (non-hydrogen) atoms. The predicted octanol–water partition coefficient (Wildman–Crippen LogP) is 4.77. The number of hydrogen-bond acceptors (Lipinski definition) is 3. The molecule has 172 valence electrons. The summed E-state index contributed by atoms with van der Waals surface area (Å²) >= 11 is 0. The number of aryl methyl sites for hydroxylation is 1. The number of sulfonamides is 1. The van der Waals surface area contributed by atoms with Gasteiger partial charge in [-0.05, 0) is 48.7 Å². The lowest BCUT2D eigenvalue weighted by Gasteiger charge is -2.35. The number of nitrogens with one attached hydrogen (secondary N) is 1. The lowest BCUT2D eigenvalue weighted by molar-refractivity contribution is -0.137. The van der Waals surface area contributed by atoms with Crippen molar-refractivity contribution in [3.8, 4) is 0 Å². The fourth-order valence-corrected chi connectivity index (χ4v) is 5.44. The van der Waals surface area contributed by atoms with Gasteiger partial charge < -0.3 is 5.32 Å². The van der Waals surface area contributed by atoms with Crippen LogP contribution in [0.15, 0.2) is 77.7 Å². The number of benzene rings is 3. The van der Waals surface area contributed by atoms with Gasteiger partial charge in [0.05, 0.1) is 16.1 Å². The van der Waals surface area contributed by atoms with Crippen LogP contribution in [-0.2, 0) is 34.0 Å². The van der Waals surface area contributed by atoms with Crippen molar-refractivity contribution in [2.24, 2.45) is 0 Å². The summed E-state index contributed by atoms with van der Waals surface area (Å²) in [6, 6.07) is 16.7. The highest BCUT2D eigenvalue weighted by Gasteiger charge is 2.40. The van der Waals surface area contributed by atoms with Gasteiger partial charge in [-0.2, -0.15) is 17.5 Å². The van der Waals surface area contributed by atoms with Crippen LogP contribution in [0.2, 0.25) is 0 Å². The van der Waals surface area contributed by atoms with Crippen LogP contribution in [0, 0.1) is 6.92 Å². The molecule has 0 bridgehead atoms. The van der Waals surface area contributed by atoms with Crippen LogP contribution in [0.5, 0.6) is 0 Å². The van der Waals surface area contributed by atoms with Crippen molar-refractivity contribution in [1.82, 2.24) is 4.31 Å². The Balaban J connectivity index is 1.73. The Morgan fingerprint density at radius 2 is 1.55 bits per heavy atom. The van der Waals surface area contributed by atoms with Gasteiger partial charge in [-0.25, -0.2) is 8.42 Å². The van der Waals surface area contributed by atoms with Gasteiger partial charge in [0.25, 0.3) is 0 Å². The molecule has 1 heterocycles. The summed E-state index contributed by atoms with van der Waals surface area (Å²) in [5.74, 6) is -0.822. The first-order chi connectivity index (χ1) is 15.6. The molecule has 3 aromatic rings. The largest absolute Gasteiger partial charge is 0.418 e. The van der Waals surface area contributed by atoms with E-state index in [0.717, 1.165) is 33.1 Å². The van der Waals surface area contributed by atoms with E-state index in [1.807, 2.05) is 6.92 Å². The standard InChI is InChI=1S/C24H21F3N2O3S/c1-16-10-12-19(13-11-16)33(31,32)29-15-18-7-3-2-6-17(18)14-22(29)23(30)28-21-9-5-4-8-20(21)24(25,26)27/h2-13,22H,14-15H2,1H3,(H,28,30). The molecule has 1 N–H and O–H groups in total. The van der Waals surface area contributed by atoms with Crippen LogP contribution in [0.3, 0.4) is 0 Å². The van der Waals surface area contributed by atoms with Crippen molar-refractivity contribution in [3.05, 3.63) is 95.1 Å². The Hall–Kier alpha value is -3.17. The van der Waals surface area contributed by atoms with Crippen LogP contribution >= 0.6 is 0 Å². The highest BCUT2D eigenvalue weighted by molar-refractivity contribution is 7.89. The van der Waals surface area contributed by atoms with Crippen LogP contribution < -0.4 is 5.32 Å². The molecule has 0 radical (unpaired) electrons. The van der Waals surface area contributed by atoms with Crippen LogP contribution in [0.4, 0.5) is 18.9 Å². The molecule has 0 aliphatic carbocycles. The summed E-state index contributed by atoms with van der Waals surface area (Å²) < 4.78 is 68.2. The monoisotopic (exact) mass is 474 g/mol. The number of anilines is 1. The average Bonchev–Trinajstić information content (AvgIpc) is 2.78. The van der Waals surface area contributed by atoms with Gasteiger partial charge in [-0.15, -0.1) is 0 Å². The first-order valence-corrected chi connectivity index (χ1v) is 11.6. The Morgan fingerprint density at radius 1 is 0.939 bits per heavy atom. The van der Waals surface area contributed by atoms with Crippen LogP contribution in [0.25, 0.3) is 0 Å². The number of halogens is 3. The molecule has 5 nitrogen and oxygen atoms in total. The van der Waals surface area contributed by atoms with Crippen molar-refractivity contribution in [3.63, 3.8) is 0 Å². The Bertz CT molecular complexity index is 1290. The molecule has 0 saturated carbocycles. The van der Waals surface area contributed by atoms with Crippen LogP contribution in [0.1, 0.15) is 22.3 Å². The summed E-state index contributed by atoms with van der Waals surface area (Å²) in [6.45, 7) is 1.76. The molecule has 1 amide bonds. The fourth-order valence-electron chi connectivity index (χ4n) is 3.88. The lowest BCUT2D eigenvalue weighted by atomic mass is 9.95. The molecule has 0 saturated heterocycles. The average molecular weight is 475 g/mol. The van der Waals surface area contributed by atoms with E-state index < -0.39 is 39.4 Å². The minimum Gasteiger partial charge on any atom is -0.324 e. The Kier molecular flexibility index (Phi) is 6.02. The quantitative estimate of drug-likeness (QED) is 0.593. The molecular weight excluding hydrogens is 453 g/mol. The second-order valence-corrected chi connectivity index (χ2v) is 9.78. The minimum atomic E-state index is -4.67. The van der Waals surface area contributed by atoms with Crippen molar-refractivity contribution in [2.45, 2.75) is 37.0 Å². The molecular formula is C24H21F3N2O3S. The highest BCUT2D eigenvalue weighted by Crippen LogP contribution is 2.35. The van der Waals surface area contributed by atoms with Gasteiger partial charge in [-0.3, -0.25) is 4.79 Å². The number of rotatable bonds is 4. The number of amides is 1. The summed E-state index contributed by atoms with van der Waals surface area (Å²) in [5.41, 5.74) is 0.977. The van der Waals surface area contributed by atoms with E-state index in [1.54, 1.807) is 36.4 Å². The maximum atomic E-state index is 13.5. The number of carbonyl (C=O) groups is 1. The number of hydrogen-bond donors (Lipinski definition) is 1. The second kappa shape index (κ2) is 8.64. The molecule has 1 aliphatic rings. The molecule has 1 aliphatic heterocycles. The van der Waals surface area contributed by atoms with Gasteiger partial charge in [0.1, 0.15) is 6.04 Å². The summed E-state index contributed by atoms with van der Waals surface area (Å²) in [6.07, 6.45) is -4.63. The Labute approximate surface area is 189 Å². The van der Waals surface area contributed by atoms with Gasteiger partial charge in [0, 0.05) is 6.54 Å². The first-order valence-electron chi connectivity index (χ1n) is 10.2. The second-order valence-electron chi connectivity index (χ2n) is 7.88. The topological polar surface area (TPSA) is 66.5 Å². The zero-order valence-electron chi connectivity index (χ0n) is 17.6. The number of nitrogens with zero attached hydrogens (tertiary/aromatic N) is 1. The number of carbonyl (C=O) groups excluding carboxylic acids is 1. The number of alkyl halides is 3. The molecule has 4 rings (SSSR count). The van der Waals surface area contributed by atoms with E-state index in [9.17, 15) is 26.4 Å². The van der Waals surface area contributed by atoms with Crippen molar-refractivity contribution in [2.75, 3.05) is 5.32 Å². The SMILES string of the molecule is Cc1ccc(S(=O)(=O)N2Cc3ccccc3CC2C(=O)Nc2ccccc2C(F)(F)F)cc1. The Morgan fingerprint density at radius 3 is 2.21 bits per heavy atom. The van der Waals surface area contributed by atoms with E-state index in [0.29, 0.717) is 0 Å². The number of para-hydroxylation sites is 1. The van der Waals surface area contributed by atoms with E-state index in [2.05, 4.69) is 5.32 Å². The summed E-state index contributed by atoms with van der Waals surface area (Å²) in [7, 11) is -4.10. The molecule has 9 heteroatoms. The zero-order valence-corrected chi connectivity index (χ0v) is 18.5. The van der Waals surface area contributed by atoms with Crippen molar-refractivity contribution >= 4 is 21.6 Å². The van der Waals surface area contributed by atoms with Crippen molar-refractivity contribution in [1.29, 1.82) is 0 Å². The van der Waals surface area contributed by atoms with E-state index in [4.69, 9.17) is 0 Å². The molecule has 0 aromatic heterocycles. The normalized spacial score (nSPS) is 16.8. The molecule has 1 atom stereocenters. The lowest BCUT2D eigenvalue weighted by Crippen LogP contribution is -2.50. The third kappa shape index (κ3) is 4.65. The van der Waals surface area contributed by atoms with Gasteiger partial charge in [-0.1, -0.05) is 54.1 Å².